The number of aromatic amines is 1. The van der Waals surface area contributed by atoms with Crippen LogP contribution >= 0.6 is 0 Å². The molecule has 7 heteroatoms. The Hall–Kier alpha value is -2.83. The van der Waals surface area contributed by atoms with Crippen molar-refractivity contribution >= 4 is 17.6 Å². The fourth-order valence-corrected chi connectivity index (χ4v) is 3.15. The molecule has 0 spiro atoms. The molecule has 1 aromatic carbocycles. The van der Waals surface area contributed by atoms with E-state index in [9.17, 15) is 9.59 Å². The second kappa shape index (κ2) is 8.51. The number of H-pyrrole nitrogens is 1. The highest BCUT2D eigenvalue weighted by Gasteiger charge is 2.21. The van der Waals surface area contributed by atoms with Crippen molar-refractivity contribution in [2.75, 3.05) is 25.0 Å². The van der Waals surface area contributed by atoms with E-state index in [0.29, 0.717) is 17.8 Å². The molecule has 7 nitrogen and oxygen atoms in total. The number of rotatable bonds is 6. The topological polar surface area (TPSA) is 90.1 Å². The van der Waals surface area contributed by atoms with Crippen LogP contribution in [0.2, 0.25) is 0 Å². The number of hydrogen-bond donors (Lipinski definition) is 3. The number of likely N-dealkylation sites (tertiary alicyclic amines) is 1. The Morgan fingerprint density at radius 1 is 1.27 bits per heavy atom. The summed E-state index contributed by atoms with van der Waals surface area (Å²) in [7, 11) is 0. The second-order valence-electron chi connectivity index (χ2n) is 6.50. The van der Waals surface area contributed by atoms with Gasteiger partial charge >= 0.3 is 6.03 Å². The molecule has 1 fully saturated rings. The molecular weight excluding hydrogens is 330 g/mol. The van der Waals surface area contributed by atoms with Gasteiger partial charge in [-0.1, -0.05) is 6.07 Å². The Morgan fingerprint density at radius 2 is 2.08 bits per heavy atom. The summed E-state index contributed by atoms with van der Waals surface area (Å²) < 4.78 is 0. The first-order chi connectivity index (χ1) is 12.6. The summed E-state index contributed by atoms with van der Waals surface area (Å²) in [4.78, 5) is 33.8. The van der Waals surface area contributed by atoms with E-state index in [4.69, 9.17) is 0 Å². The molecule has 1 saturated heterocycles. The lowest BCUT2D eigenvalue weighted by atomic mass is 10.1. The lowest BCUT2D eigenvalue weighted by molar-refractivity contribution is 0.0792. The maximum Gasteiger partial charge on any atom is 0.319 e. The van der Waals surface area contributed by atoms with Crippen LogP contribution in [0.3, 0.4) is 0 Å². The van der Waals surface area contributed by atoms with E-state index in [1.165, 1.54) is 0 Å². The molecule has 0 saturated carbocycles. The summed E-state index contributed by atoms with van der Waals surface area (Å²) in [6.45, 7) is 4.05. The predicted octanol–water partition coefficient (Wildman–Crippen LogP) is 2.71. The Labute approximate surface area is 153 Å². The minimum absolute atomic E-state index is 0.0440. The minimum atomic E-state index is -0.265. The van der Waals surface area contributed by atoms with E-state index in [1.54, 1.807) is 12.4 Å². The minimum Gasteiger partial charge on any atom is -0.349 e. The SMILES string of the molecule is Cc1c(NC(=O)NCCCc2ncc[nH]2)cccc1C(=O)N1CCCC1. The zero-order valence-corrected chi connectivity index (χ0v) is 15.0. The highest BCUT2D eigenvalue weighted by molar-refractivity contribution is 5.99. The zero-order chi connectivity index (χ0) is 18.4. The smallest absolute Gasteiger partial charge is 0.319 e. The molecule has 2 aromatic rings. The van der Waals surface area contributed by atoms with Crippen LogP contribution in [0.4, 0.5) is 10.5 Å². The van der Waals surface area contributed by atoms with Gasteiger partial charge in [-0.05, 0) is 43.9 Å². The van der Waals surface area contributed by atoms with E-state index >= 15 is 0 Å². The predicted molar refractivity (Wildman–Crippen MR) is 100 cm³/mol. The summed E-state index contributed by atoms with van der Waals surface area (Å²) in [6.07, 6.45) is 7.20. The standard InChI is InChI=1S/C19H25N5O2/c1-14-15(18(25)24-12-2-3-13-24)6-4-7-16(14)23-19(26)22-9-5-8-17-20-10-11-21-17/h4,6-7,10-11H,2-3,5,8-9,12-13H2,1H3,(H,20,21)(H2,22,23,26). The Kier molecular flexibility index (Phi) is 5.88. The van der Waals surface area contributed by atoms with Crippen LogP contribution in [0.15, 0.2) is 30.6 Å². The fourth-order valence-electron chi connectivity index (χ4n) is 3.15. The largest absolute Gasteiger partial charge is 0.349 e. The van der Waals surface area contributed by atoms with Crippen molar-refractivity contribution in [3.8, 4) is 0 Å². The molecule has 1 aliphatic heterocycles. The van der Waals surface area contributed by atoms with Gasteiger partial charge in [-0.15, -0.1) is 0 Å². The van der Waals surface area contributed by atoms with Crippen molar-refractivity contribution in [2.24, 2.45) is 0 Å². The van der Waals surface area contributed by atoms with Crippen LogP contribution in [0.25, 0.3) is 0 Å². The summed E-state index contributed by atoms with van der Waals surface area (Å²) >= 11 is 0. The van der Waals surface area contributed by atoms with E-state index in [1.807, 2.05) is 30.0 Å². The Balaban J connectivity index is 1.52. The first-order valence-corrected chi connectivity index (χ1v) is 9.07. The molecule has 26 heavy (non-hydrogen) atoms. The van der Waals surface area contributed by atoms with Gasteiger partial charge in [-0.3, -0.25) is 4.79 Å². The first kappa shape index (κ1) is 18.0. The molecule has 0 radical (unpaired) electrons. The number of carbonyl (C=O) groups is 2. The van der Waals surface area contributed by atoms with Gasteiger partial charge in [0.1, 0.15) is 5.82 Å². The van der Waals surface area contributed by atoms with E-state index < -0.39 is 0 Å². The molecular formula is C19H25N5O2. The molecule has 3 N–H and O–H groups in total. The summed E-state index contributed by atoms with van der Waals surface area (Å²) in [5.41, 5.74) is 2.12. The number of aryl methyl sites for hydroxylation is 1. The normalized spacial score (nSPS) is 13.7. The lowest BCUT2D eigenvalue weighted by Gasteiger charge is -2.18. The Morgan fingerprint density at radius 3 is 2.81 bits per heavy atom. The molecule has 2 heterocycles. The van der Waals surface area contributed by atoms with Crippen LogP contribution in [-0.4, -0.2) is 46.4 Å². The van der Waals surface area contributed by atoms with E-state index in [0.717, 1.165) is 50.2 Å². The van der Waals surface area contributed by atoms with E-state index in [-0.39, 0.29) is 11.9 Å². The number of carbonyl (C=O) groups excluding carboxylic acids is 2. The van der Waals surface area contributed by atoms with Crippen molar-refractivity contribution in [3.05, 3.63) is 47.5 Å². The van der Waals surface area contributed by atoms with Crippen LogP contribution < -0.4 is 10.6 Å². The van der Waals surface area contributed by atoms with Gasteiger partial charge in [0.25, 0.3) is 5.91 Å². The zero-order valence-electron chi connectivity index (χ0n) is 15.0. The van der Waals surface area contributed by atoms with Gasteiger partial charge in [0.2, 0.25) is 0 Å². The number of nitrogens with one attached hydrogen (secondary N) is 3. The highest BCUT2D eigenvalue weighted by Crippen LogP contribution is 2.22. The summed E-state index contributed by atoms with van der Waals surface area (Å²) in [5.74, 6) is 0.957. The molecule has 0 unspecified atom stereocenters. The van der Waals surface area contributed by atoms with Crippen LogP contribution in [0.1, 0.15) is 41.0 Å². The second-order valence-corrected chi connectivity index (χ2v) is 6.50. The average molecular weight is 355 g/mol. The van der Waals surface area contributed by atoms with Gasteiger partial charge in [0.05, 0.1) is 0 Å². The number of benzene rings is 1. The van der Waals surface area contributed by atoms with E-state index in [2.05, 4.69) is 20.6 Å². The molecule has 0 aliphatic carbocycles. The molecule has 1 aromatic heterocycles. The van der Waals surface area contributed by atoms with Crippen molar-refractivity contribution in [2.45, 2.75) is 32.6 Å². The van der Waals surface area contributed by atoms with Gasteiger partial charge < -0.3 is 20.5 Å². The third kappa shape index (κ3) is 4.41. The summed E-state index contributed by atoms with van der Waals surface area (Å²) in [5, 5.41) is 5.68. The van der Waals surface area contributed by atoms with Gasteiger partial charge in [-0.25, -0.2) is 9.78 Å². The molecule has 0 atom stereocenters. The highest BCUT2D eigenvalue weighted by atomic mass is 16.2. The lowest BCUT2D eigenvalue weighted by Crippen LogP contribution is -2.31. The van der Waals surface area contributed by atoms with Gasteiger partial charge in [0.15, 0.2) is 0 Å². The maximum atomic E-state index is 12.6. The number of anilines is 1. The molecule has 0 bridgehead atoms. The average Bonchev–Trinajstić information content (AvgIpc) is 3.34. The van der Waals surface area contributed by atoms with Crippen LogP contribution in [0.5, 0.6) is 0 Å². The number of urea groups is 1. The summed E-state index contributed by atoms with van der Waals surface area (Å²) in [6, 6.07) is 5.18. The quantitative estimate of drug-likeness (QED) is 0.696. The van der Waals surface area contributed by atoms with Crippen molar-refractivity contribution in [3.63, 3.8) is 0 Å². The number of amides is 3. The number of aromatic nitrogens is 2. The number of imidazole rings is 1. The molecule has 3 rings (SSSR count). The van der Waals surface area contributed by atoms with Crippen LogP contribution in [-0.2, 0) is 6.42 Å². The monoisotopic (exact) mass is 355 g/mol. The van der Waals surface area contributed by atoms with Crippen LogP contribution in [0, 0.1) is 6.92 Å². The van der Waals surface area contributed by atoms with Crippen molar-refractivity contribution in [1.29, 1.82) is 0 Å². The fraction of sp³-hybridized carbons (Fsp3) is 0.421. The van der Waals surface area contributed by atoms with Crippen molar-refractivity contribution in [1.82, 2.24) is 20.2 Å². The third-order valence-corrected chi connectivity index (χ3v) is 4.64. The molecule has 1 aliphatic rings. The number of hydrogen-bond acceptors (Lipinski definition) is 3. The van der Waals surface area contributed by atoms with Crippen molar-refractivity contribution < 1.29 is 9.59 Å². The van der Waals surface area contributed by atoms with Gasteiger partial charge in [-0.2, -0.15) is 0 Å². The first-order valence-electron chi connectivity index (χ1n) is 9.07. The number of nitrogens with zero attached hydrogens (tertiary/aromatic N) is 2. The molecule has 138 valence electrons. The maximum absolute atomic E-state index is 12.6. The molecule has 3 amide bonds. The third-order valence-electron chi connectivity index (χ3n) is 4.64. The van der Waals surface area contributed by atoms with Gasteiger partial charge in [0, 0.05) is 49.7 Å². The Bertz CT molecular complexity index is 751.